The normalized spacial score (nSPS) is 28.1. The maximum atomic E-state index is 16.0. The highest BCUT2D eigenvalue weighted by atomic mass is 19.4. The summed E-state index contributed by atoms with van der Waals surface area (Å²) in [5.74, 6) is -17.7. The number of hydrogen-bond acceptors (Lipinski definition) is 8. The van der Waals surface area contributed by atoms with Crippen LogP contribution < -0.4 is 42.5 Å². The van der Waals surface area contributed by atoms with Crippen LogP contribution in [0, 0.1) is 0 Å². The molecule has 0 aromatic heterocycles. The predicted molar refractivity (Wildman–Crippen MR) is 329 cm³/mol. The highest BCUT2D eigenvalue weighted by Crippen LogP contribution is 2.57. The molecule has 5 fully saturated rings. The third-order valence-electron chi connectivity index (χ3n) is 20.3. The van der Waals surface area contributed by atoms with Crippen molar-refractivity contribution in [3.8, 4) is 0 Å². The predicted octanol–water partition coefficient (Wildman–Crippen LogP) is 17.8. The van der Waals surface area contributed by atoms with Gasteiger partial charge >= 0.3 is 49.4 Å². The Hall–Kier alpha value is -8.24. The van der Waals surface area contributed by atoms with Gasteiger partial charge in [-0.3, -0.25) is 42.5 Å². The van der Waals surface area contributed by atoms with E-state index in [0.717, 1.165) is 146 Å². The van der Waals surface area contributed by atoms with Crippen molar-refractivity contribution in [2.45, 2.75) is 146 Å². The van der Waals surface area contributed by atoms with Crippen molar-refractivity contribution in [3.63, 3.8) is 0 Å². The molecule has 552 valence electrons. The first-order chi connectivity index (χ1) is 48.7. The molecule has 5 saturated heterocycles. The van der Waals surface area contributed by atoms with Gasteiger partial charge in [0.2, 0.25) is 0 Å². The van der Waals surface area contributed by atoms with Gasteiger partial charge in [-0.05, 0) is 93.0 Å². The Balaban J connectivity index is 1.17. The Morgan fingerprint density at radius 3 is 0.317 bits per heavy atom. The summed E-state index contributed by atoms with van der Waals surface area (Å²) in [6.07, 6.45) is -61.2. The molecule has 0 amide bonds. The van der Waals surface area contributed by atoms with Crippen LogP contribution in [0.5, 0.6) is 0 Å². The maximum absolute atomic E-state index is 16.0. The van der Waals surface area contributed by atoms with Crippen molar-refractivity contribution in [1.29, 1.82) is 0 Å². The van der Waals surface area contributed by atoms with Crippen LogP contribution in [0.3, 0.4) is 0 Å². The maximum Gasteiger partial charge on any atom is 0.416 e. The Kier molecular flexibility index (Phi) is 19.2. The Morgan fingerprint density at radius 1 is 0.144 bits per heavy atom. The molecular formula is C72H56F24N8. The van der Waals surface area contributed by atoms with Crippen LogP contribution in [-0.4, -0.2) is 49.3 Å². The summed E-state index contributed by atoms with van der Waals surface area (Å²) in [5, 5.41) is 23.5. The summed E-state index contributed by atoms with van der Waals surface area (Å²) in [5.41, 5.74) is -19.6. The summed E-state index contributed by atoms with van der Waals surface area (Å²) in [6.45, 7) is 0. The van der Waals surface area contributed by atoms with Gasteiger partial charge in [0, 0.05) is 47.3 Å². The highest BCUT2D eigenvalue weighted by Gasteiger charge is 2.61. The van der Waals surface area contributed by atoms with Gasteiger partial charge in [0.15, 0.2) is 0 Å². The minimum Gasteiger partial charge on any atom is -0.285 e. The SMILES string of the molecule is FC(F)(F)c1ccccc1C1C2NC(NC3NC(NC4NC(NC5NC(N2)C(c2ccccc2C(F)(F)F)C5c2ccccc2C(F)(F)F)C(c2ccccc2C(F)(F)F)C4c2ccccc2C(F)(F)F)C(c2ccccc2C(F)(F)F)C3c2ccccc2C(F)(F)F)C1c1ccccc1C(F)(F)F. The summed E-state index contributed by atoms with van der Waals surface area (Å²) in [4.78, 5) is 0. The van der Waals surface area contributed by atoms with Crippen LogP contribution in [0.15, 0.2) is 194 Å². The van der Waals surface area contributed by atoms with Crippen molar-refractivity contribution in [2.24, 2.45) is 0 Å². The van der Waals surface area contributed by atoms with Crippen molar-refractivity contribution in [3.05, 3.63) is 283 Å². The zero-order valence-corrected chi connectivity index (χ0v) is 52.8. The van der Waals surface area contributed by atoms with E-state index in [-0.39, 0.29) is 0 Å². The van der Waals surface area contributed by atoms with Gasteiger partial charge in [-0.2, -0.15) is 105 Å². The van der Waals surface area contributed by atoms with Crippen LogP contribution in [0.25, 0.3) is 0 Å². The van der Waals surface area contributed by atoms with Crippen molar-refractivity contribution >= 4 is 0 Å². The van der Waals surface area contributed by atoms with E-state index in [2.05, 4.69) is 42.5 Å². The van der Waals surface area contributed by atoms with E-state index < -0.39 is 235 Å². The molecule has 5 aliphatic rings. The first-order valence-corrected chi connectivity index (χ1v) is 32.1. The van der Waals surface area contributed by atoms with E-state index in [9.17, 15) is 0 Å². The average Bonchev–Trinajstić information content (AvgIpc) is 1.56. The zero-order valence-electron chi connectivity index (χ0n) is 52.8. The molecular weight excluding hydrogens is 1430 g/mol. The number of nitrogens with one attached hydrogen (secondary N) is 8. The quantitative estimate of drug-likeness (QED) is 0.0713. The lowest BCUT2D eigenvalue weighted by Gasteiger charge is -2.35. The van der Waals surface area contributed by atoms with Crippen molar-refractivity contribution in [2.75, 3.05) is 0 Å². The monoisotopic (exact) mass is 1490 g/mol. The van der Waals surface area contributed by atoms with Gasteiger partial charge in [0.05, 0.1) is 93.8 Å². The molecule has 32 heteroatoms. The Morgan fingerprint density at radius 2 is 0.231 bits per heavy atom. The van der Waals surface area contributed by atoms with E-state index >= 15 is 105 Å². The molecule has 8 bridgehead atoms. The second-order valence-corrected chi connectivity index (χ2v) is 26.0. The molecule has 0 aliphatic carbocycles. The molecule has 0 radical (unpaired) electrons. The van der Waals surface area contributed by atoms with Crippen LogP contribution in [0.4, 0.5) is 105 Å². The number of fused-ring (bicyclic) bond motifs is 8. The lowest BCUT2D eigenvalue weighted by atomic mass is 9.75. The van der Waals surface area contributed by atoms with Gasteiger partial charge < -0.3 is 0 Å². The summed E-state index contributed by atoms with van der Waals surface area (Å²) in [7, 11) is 0. The molecule has 13 rings (SSSR count). The number of benzene rings is 8. The third kappa shape index (κ3) is 14.0. The second kappa shape index (κ2) is 27.0. The fourth-order valence-electron chi connectivity index (χ4n) is 16.6. The van der Waals surface area contributed by atoms with Gasteiger partial charge in [0.25, 0.3) is 0 Å². The largest absolute Gasteiger partial charge is 0.416 e. The lowest BCUT2D eigenvalue weighted by molar-refractivity contribution is -0.140. The van der Waals surface area contributed by atoms with Gasteiger partial charge in [0.1, 0.15) is 0 Å². The molecule has 0 saturated carbocycles. The van der Waals surface area contributed by atoms with E-state index in [0.29, 0.717) is 48.5 Å². The summed E-state index contributed by atoms with van der Waals surface area (Å²) < 4.78 is 383. The van der Waals surface area contributed by atoms with Gasteiger partial charge in [-0.25, -0.2) is 0 Å². The van der Waals surface area contributed by atoms with E-state index in [1.807, 2.05) is 0 Å². The van der Waals surface area contributed by atoms with Crippen molar-refractivity contribution < 1.29 is 105 Å². The molecule has 104 heavy (non-hydrogen) atoms. The molecule has 8 aromatic rings. The number of rotatable bonds is 8. The topological polar surface area (TPSA) is 96.2 Å². The average molecular weight is 1490 g/mol. The first kappa shape index (κ1) is 74.0. The molecule has 8 nitrogen and oxygen atoms in total. The minimum absolute atomic E-state index is 0.521. The number of halogens is 24. The molecule has 8 N–H and O–H groups in total. The Labute approximate surface area is 575 Å². The molecule has 0 spiro atoms. The molecule has 5 aliphatic heterocycles. The van der Waals surface area contributed by atoms with Gasteiger partial charge in [-0.1, -0.05) is 146 Å². The van der Waals surface area contributed by atoms with Gasteiger partial charge in [-0.15, -0.1) is 0 Å². The van der Waals surface area contributed by atoms with E-state index in [4.69, 9.17) is 0 Å². The number of hydrogen-bond donors (Lipinski definition) is 8. The van der Waals surface area contributed by atoms with Crippen LogP contribution in [0.1, 0.15) is 136 Å². The van der Waals surface area contributed by atoms with Crippen LogP contribution in [-0.2, 0) is 49.4 Å². The molecule has 8 unspecified atom stereocenters. The Bertz CT molecular complexity index is 3600. The zero-order chi connectivity index (χ0) is 74.8. The fourth-order valence-corrected chi connectivity index (χ4v) is 16.6. The second-order valence-electron chi connectivity index (χ2n) is 26.0. The molecule has 5 heterocycles. The molecule has 8 atom stereocenters. The van der Waals surface area contributed by atoms with E-state index in [1.54, 1.807) is 0 Å². The summed E-state index contributed by atoms with van der Waals surface area (Å²) in [6, 6.07) is 26.2. The smallest absolute Gasteiger partial charge is 0.285 e. The fraction of sp³-hybridized carbons (Fsp3) is 0.333. The third-order valence-corrected chi connectivity index (χ3v) is 20.3. The summed E-state index contributed by atoms with van der Waals surface area (Å²) >= 11 is 0. The standard InChI is InChI=1S/C72H56F24N8/c73-65(74,75)41-25-9-1-17-33(41)49-50(34-18-2-10-26-42(34)66(76,77)78)58-97-57(49)101-59-51(35-19-3-11-27-43(35)67(79,80)81)52(36-20-4-12-28-44(36)68(82,83)84)61(98-59)103-63-55(39-23-7-15-31-47(39)71(91,92)93)56(40-24-8-16-32-48(40)72(94,95)96)64(100-63)104-62-54(38-22-6-14-30-46(38)70(88,89)90)53(60(99-62)102-58)37-21-5-13-29-45(37)69(85,86)87/h1-32,49-64,97-104H. The van der Waals surface area contributed by atoms with E-state index in [1.165, 1.54) is 0 Å². The minimum atomic E-state index is -5.46. The number of alkyl halides is 24. The highest BCUT2D eigenvalue weighted by molar-refractivity contribution is 5.50. The first-order valence-electron chi connectivity index (χ1n) is 32.1. The lowest BCUT2D eigenvalue weighted by Crippen LogP contribution is -2.61. The molecule has 8 aromatic carbocycles. The van der Waals surface area contributed by atoms with Crippen LogP contribution >= 0.6 is 0 Å². The van der Waals surface area contributed by atoms with Crippen LogP contribution in [0.2, 0.25) is 0 Å². The van der Waals surface area contributed by atoms with Crippen molar-refractivity contribution in [1.82, 2.24) is 42.5 Å².